The molecule has 1 N–H and O–H groups in total. The average molecular weight is 236 g/mol. The smallest absolute Gasteiger partial charge is 0.0690 e. The highest BCUT2D eigenvalue weighted by Crippen LogP contribution is 2.26. The van der Waals surface area contributed by atoms with Crippen molar-refractivity contribution in [2.45, 2.75) is 19.4 Å². The molecule has 1 aromatic carbocycles. The minimum Gasteiger partial charge on any atom is -0.315 e. The van der Waals surface area contributed by atoms with Gasteiger partial charge in [-0.1, -0.05) is 11.6 Å². The van der Waals surface area contributed by atoms with Gasteiger partial charge >= 0.3 is 0 Å². The van der Waals surface area contributed by atoms with E-state index in [1.807, 2.05) is 19.1 Å². The van der Waals surface area contributed by atoms with Crippen molar-refractivity contribution in [1.82, 2.24) is 15.1 Å². The molecule has 2 aromatic rings. The molecule has 16 heavy (non-hydrogen) atoms. The molecule has 0 radical (unpaired) electrons. The van der Waals surface area contributed by atoms with Crippen LogP contribution in [0.1, 0.15) is 18.2 Å². The Hall–Kier alpha value is -1.06. The van der Waals surface area contributed by atoms with Gasteiger partial charge < -0.3 is 5.32 Å². The normalized spacial score (nSPS) is 20.8. The van der Waals surface area contributed by atoms with Crippen LogP contribution < -0.4 is 5.32 Å². The molecular weight excluding hydrogens is 222 g/mol. The van der Waals surface area contributed by atoms with Crippen molar-refractivity contribution in [2.24, 2.45) is 0 Å². The third-order valence-corrected chi connectivity index (χ3v) is 3.47. The maximum Gasteiger partial charge on any atom is 0.0690 e. The average Bonchev–Trinajstić information content (AvgIpc) is 2.87. The zero-order valence-corrected chi connectivity index (χ0v) is 9.96. The van der Waals surface area contributed by atoms with Gasteiger partial charge in [0.25, 0.3) is 0 Å². The van der Waals surface area contributed by atoms with Crippen LogP contribution in [0.2, 0.25) is 5.02 Å². The second kappa shape index (κ2) is 3.75. The summed E-state index contributed by atoms with van der Waals surface area (Å²) >= 11 is 6.01. The summed E-state index contributed by atoms with van der Waals surface area (Å²) in [6.07, 6.45) is 1.15. The van der Waals surface area contributed by atoms with Gasteiger partial charge in [0.05, 0.1) is 17.3 Å². The molecule has 1 unspecified atom stereocenters. The number of halogens is 1. The molecule has 1 saturated heterocycles. The van der Waals surface area contributed by atoms with Crippen molar-refractivity contribution in [3.63, 3.8) is 0 Å². The molecule has 84 valence electrons. The van der Waals surface area contributed by atoms with E-state index in [9.17, 15) is 0 Å². The number of hydrogen-bond donors (Lipinski definition) is 1. The minimum absolute atomic E-state index is 0.484. The number of aryl methyl sites for hydroxylation is 1. The quantitative estimate of drug-likeness (QED) is 0.823. The van der Waals surface area contributed by atoms with Gasteiger partial charge in [-0.3, -0.25) is 4.68 Å². The standard InChI is InChI=1S/C12H14ClN3/c1-8-11-6-9(13)2-3-12(11)16(15-8)10-4-5-14-7-10/h2-3,6,10,14H,4-5,7H2,1H3. The van der Waals surface area contributed by atoms with E-state index in [2.05, 4.69) is 21.2 Å². The fraction of sp³-hybridized carbons (Fsp3) is 0.417. The van der Waals surface area contributed by atoms with Crippen LogP contribution in [0.4, 0.5) is 0 Å². The van der Waals surface area contributed by atoms with Crippen molar-refractivity contribution in [3.8, 4) is 0 Å². The zero-order valence-electron chi connectivity index (χ0n) is 9.20. The summed E-state index contributed by atoms with van der Waals surface area (Å²) < 4.78 is 2.14. The molecule has 1 aromatic heterocycles. The van der Waals surface area contributed by atoms with E-state index < -0.39 is 0 Å². The lowest BCUT2D eigenvalue weighted by Crippen LogP contribution is -2.14. The second-order valence-electron chi connectivity index (χ2n) is 4.34. The highest BCUT2D eigenvalue weighted by atomic mass is 35.5. The van der Waals surface area contributed by atoms with Gasteiger partial charge in [0.1, 0.15) is 0 Å². The first-order chi connectivity index (χ1) is 7.75. The Labute approximate surface area is 99.4 Å². The van der Waals surface area contributed by atoms with Gasteiger partial charge in [0.15, 0.2) is 0 Å². The zero-order chi connectivity index (χ0) is 11.1. The fourth-order valence-corrected chi connectivity index (χ4v) is 2.57. The molecule has 2 heterocycles. The van der Waals surface area contributed by atoms with Crippen molar-refractivity contribution in [2.75, 3.05) is 13.1 Å². The largest absolute Gasteiger partial charge is 0.315 e. The van der Waals surface area contributed by atoms with Crippen LogP contribution in [-0.2, 0) is 0 Å². The third-order valence-electron chi connectivity index (χ3n) is 3.23. The lowest BCUT2D eigenvalue weighted by atomic mass is 10.2. The first-order valence-corrected chi connectivity index (χ1v) is 5.98. The number of fused-ring (bicyclic) bond motifs is 1. The molecule has 1 aliphatic rings. The molecule has 4 heteroatoms. The first-order valence-electron chi connectivity index (χ1n) is 5.61. The Bertz CT molecular complexity index is 526. The van der Waals surface area contributed by atoms with Crippen molar-refractivity contribution in [1.29, 1.82) is 0 Å². The van der Waals surface area contributed by atoms with E-state index in [4.69, 9.17) is 11.6 Å². The van der Waals surface area contributed by atoms with Crippen LogP contribution in [0, 0.1) is 6.92 Å². The summed E-state index contributed by atoms with van der Waals surface area (Å²) in [4.78, 5) is 0. The molecule has 0 aliphatic carbocycles. The molecule has 1 fully saturated rings. The van der Waals surface area contributed by atoms with Gasteiger partial charge in [-0.25, -0.2) is 0 Å². The van der Waals surface area contributed by atoms with Crippen LogP contribution in [0.25, 0.3) is 10.9 Å². The molecule has 0 spiro atoms. The lowest BCUT2D eigenvalue weighted by molar-refractivity contribution is 0.503. The molecule has 0 saturated carbocycles. The van der Waals surface area contributed by atoms with Crippen LogP contribution in [-0.4, -0.2) is 22.9 Å². The summed E-state index contributed by atoms with van der Waals surface area (Å²) in [6, 6.07) is 6.48. The summed E-state index contributed by atoms with van der Waals surface area (Å²) in [5.41, 5.74) is 2.25. The minimum atomic E-state index is 0.484. The summed E-state index contributed by atoms with van der Waals surface area (Å²) in [5, 5.41) is 9.94. The number of benzene rings is 1. The van der Waals surface area contributed by atoms with E-state index in [0.717, 1.165) is 30.2 Å². The molecule has 0 bridgehead atoms. The Morgan fingerprint density at radius 1 is 1.50 bits per heavy atom. The van der Waals surface area contributed by atoms with Gasteiger partial charge in [0, 0.05) is 17.0 Å². The van der Waals surface area contributed by atoms with E-state index in [1.165, 1.54) is 10.9 Å². The van der Waals surface area contributed by atoms with Gasteiger partial charge in [-0.2, -0.15) is 5.10 Å². The number of aromatic nitrogens is 2. The number of nitrogens with zero attached hydrogens (tertiary/aromatic N) is 2. The van der Waals surface area contributed by atoms with Crippen LogP contribution in [0.15, 0.2) is 18.2 Å². The maximum absolute atomic E-state index is 6.01. The van der Waals surface area contributed by atoms with E-state index in [-0.39, 0.29) is 0 Å². The lowest BCUT2D eigenvalue weighted by Gasteiger charge is -2.10. The second-order valence-corrected chi connectivity index (χ2v) is 4.77. The number of nitrogens with one attached hydrogen (secondary N) is 1. The summed E-state index contributed by atoms with van der Waals surface area (Å²) in [6.45, 7) is 4.13. The predicted octanol–water partition coefficient (Wildman–Crippen LogP) is 2.53. The third kappa shape index (κ3) is 1.51. The van der Waals surface area contributed by atoms with Crippen molar-refractivity contribution >= 4 is 22.5 Å². The van der Waals surface area contributed by atoms with Crippen LogP contribution in [0.3, 0.4) is 0 Å². The maximum atomic E-state index is 6.01. The van der Waals surface area contributed by atoms with Crippen LogP contribution in [0.5, 0.6) is 0 Å². The highest BCUT2D eigenvalue weighted by Gasteiger charge is 2.20. The highest BCUT2D eigenvalue weighted by molar-refractivity contribution is 6.31. The molecule has 1 atom stereocenters. The summed E-state index contributed by atoms with van der Waals surface area (Å²) in [7, 11) is 0. The monoisotopic (exact) mass is 235 g/mol. The summed E-state index contributed by atoms with van der Waals surface area (Å²) in [5.74, 6) is 0. The van der Waals surface area contributed by atoms with E-state index >= 15 is 0 Å². The topological polar surface area (TPSA) is 29.9 Å². The first kappa shape index (κ1) is 10.1. The Morgan fingerprint density at radius 3 is 3.12 bits per heavy atom. The molecule has 0 amide bonds. The SMILES string of the molecule is Cc1nn(C2CCNC2)c2ccc(Cl)cc12. The van der Waals surface area contributed by atoms with E-state index in [1.54, 1.807) is 0 Å². The molecular formula is C12H14ClN3. The molecule has 1 aliphatic heterocycles. The Morgan fingerprint density at radius 2 is 2.38 bits per heavy atom. The Kier molecular flexibility index (Phi) is 2.37. The van der Waals surface area contributed by atoms with Crippen molar-refractivity contribution < 1.29 is 0 Å². The Balaban J connectivity index is 2.18. The van der Waals surface area contributed by atoms with Gasteiger partial charge in [-0.05, 0) is 38.1 Å². The van der Waals surface area contributed by atoms with E-state index in [0.29, 0.717) is 6.04 Å². The van der Waals surface area contributed by atoms with Gasteiger partial charge in [0.2, 0.25) is 0 Å². The fourth-order valence-electron chi connectivity index (χ4n) is 2.39. The number of hydrogen-bond acceptors (Lipinski definition) is 2. The molecule has 3 rings (SSSR count). The number of rotatable bonds is 1. The van der Waals surface area contributed by atoms with Crippen LogP contribution >= 0.6 is 11.6 Å². The predicted molar refractivity (Wildman–Crippen MR) is 66.0 cm³/mol. The van der Waals surface area contributed by atoms with Gasteiger partial charge in [-0.15, -0.1) is 0 Å². The van der Waals surface area contributed by atoms with Crippen molar-refractivity contribution in [3.05, 3.63) is 28.9 Å². The molecule has 3 nitrogen and oxygen atoms in total.